The van der Waals surface area contributed by atoms with E-state index in [2.05, 4.69) is 105 Å². The topological polar surface area (TPSA) is 25.8 Å². The van der Waals surface area contributed by atoms with Gasteiger partial charge >= 0.3 is 0 Å². The summed E-state index contributed by atoms with van der Waals surface area (Å²) in [6.07, 6.45) is 1.92. The number of benzene rings is 4. The van der Waals surface area contributed by atoms with Crippen LogP contribution in [0.5, 0.6) is 0 Å². The Bertz CT molecular complexity index is 1620. The van der Waals surface area contributed by atoms with Crippen molar-refractivity contribution in [3.8, 4) is 33.0 Å². The first kappa shape index (κ1) is 20.8. The number of thiazole rings is 1. The summed E-state index contributed by atoms with van der Waals surface area (Å²) in [7, 11) is 0. The summed E-state index contributed by atoms with van der Waals surface area (Å²) in [5, 5.41) is 3.45. The highest BCUT2D eigenvalue weighted by atomic mass is 32.1. The Labute approximate surface area is 203 Å². The molecule has 0 fully saturated rings. The van der Waals surface area contributed by atoms with Gasteiger partial charge in [-0.2, -0.15) is 0 Å². The van der Waals surface area contributed by atoms with Crippen molar-refractivity contribution in [3.05, 3.63) is 109 Å². The molecule has 0 spiro atoms. The lowest BCUT2D eigenvalue weighted by atomic mass is 9.95. The van der Waals surface area contributed by atoms with E-state index in [-0.39, 0.29) is 0 Å². The molecule has 4 aromatic carbocycles. The second-order valence-electron chi connectivity index (χ2n) is 8.92. The lowest BCUT2D eigenvalue weighted by Crippen LogP contribution is -1.91. The molecule has 3 heteroatoms. The molecule has 0 amide bonds. The molecule has 2 nitrogen and oxygen atoms in total. The van der Waals surface area contributed by atoms with Crippen molar-refractivity contribution in [2.45, 2.75) is 19.8 Å². The van der Waals surface area contributed by atoms with Gasteiger partial charge in [-0.15, -0.1) is 11.3 Å². The largest absolute Gasteiger partial charge is 0.256 e. The first-order chi connectivity index (χ1) is 16.7. The molecule has 0 aliphatic rings. The van der Waals surface area contributed by atoms with Crippen LogP contribution in [-0.4, -0.2) is 9.97 Å². The first-order valence-corrected chi connectivity index (χ1v) is 12.4. The third-order valence-electron chi connectivity index (χ3n) is 6.33. The number of pyridine rings is 1. The van der Waals surface area contributed by atoms with Crippen LogP contribution >= 0.6 is 11.3 Å². The van der Waals surface area contributed by atoms with Crippen LogP contribution in [0.3, 0.4) is 0 Å². The molecule has 0 saturated carbocycles. The summed E-state index contributed by atoms with van der Waals surface area (Å²) in [5.74, 6) is 0.467. The SMILES string of the molecule is CC(C)c1ccc2ccnc(-c3cc(-c4ccccc4)c4nc(-c5ccccc5)sc4c3)c2c1. The second kappa shape index (κ2) is 8.51. The van der Waals surface area contributed by atoms with Crippen molar-refractivity contribution in [1.29, 1.82) is 0 Å². The lowest BCUT2D eigenvalue weighted by Gasteiger charge is -2.12. The average Bonchev–Trinajstić information content (AvgIpc) is 3.33. The van der Waals surface area contributed by atoms with Gasteiger partial charge in [-0.1, -0.05) is 86.6 Å². The third kappa shape index (κ3) is 3.68. The minimum atomic E-state index is 0.467. The molecule has 0 bridgehead atoms. The molecule has 0 atom stereocenters. The van der Waals surface area contributed by atoms with Gasteiger partial charge in [-0.05, 0) is 46.7 Å². The summed E-state index contributed by atoms with van der Waals surface area (Å²) in [6, 6.07) is 34.3. The summed E-state index contributed by atoms with van der Waals surface area (Å²) in [4.78, 5) is 9.96. The highest BCUT2D eigenvalue weighted by Gasteiger charge is 2.16. The Morgan fingerprint density at radius 2 is 1.44 bits per heavy atom. The number of aromatic nitrogens is 2. The van der Waals surface area contributed by atoms with Crippen LogP contribution in [0, 0.1) is 0 Å². The quantitative estimate of drug-likeness (QED) is 0.264. The fraction of sp³-hybridized carbons (Fsp3) is 0.0968. The molecule has 2 aromatic heterocycles. The maximum Gasteiger partial charge on any atom is 0.124 e. The molecule has 164 valence electrons. The summed E-state index contributed by atoms with van der Waals surface area (Å²) in [5.41, 5.74) is 7.98. The van der Waals surface area contributed by atoms with E-state index in [9.17, 15) is 0 Å². The van der Waals surface area contributed by atoms with E-state index in [0.717, 1.165) is 32.9 Å². The Kier molecular flexibility index (Phi) is 5.20. The summed E-state index contributed by atoms with van der Waals surface area (Å²) >= 11 is 1.74. The van der Waals surface area contributed by atoms with Crippen molar-refractivity contribution in [1.82, 2.24) is 9.97 Å². The van der Waals surface area contributed by atoms with Gasteiger partial charge < -0.3 is 0 Å². The number of rotatable bonds is 4. The number of fused-ring (bicyclic) bond motifs is 2. The standard InChI is InChI=1S/C31H24N2S/c1-20(2)24-14-13-22-15-16-32-29(26(22)17-24)25-18-27(21-9-5-3-6-10-21)30-28(19-25)34-31(33-30)23-11-7-4-8-12-23/h3-20H,1-2H3. The van der Waals surface area contributed by atoms with E-state index < -0.39 is 0 Å². The smallest absolute Gasteiger partial charge is 0.124 e. The molecule has 34 heavy (non-hydrogen) atoms. The number of hydrogen-bond donors (Lipinski definition) is 0. The first-order valence-electron chi connectivity index (χ1n) is 11.6. The number of hydrogen-bond acceptors (Lipinski definition) is 3. The molecule has 0 N–H and O–H groups in total. The van der Waals surface area contributed by atoms with E-state index >= 15 is 0 Å². The summed E-state index contributed by atoms with van der Waals surface area (Å²) in [6.45, 7) is 4.47. The summed E-state index contributed by atoms with van der Waals surface area (Å²) < 4.78 is 1.18. The Balaban J connectivity index is 1.63. The molecule has 2 heterocycles. The molecule has 6 aromatic rings. The van der Waals surface area contributed by atoms with Gasteiger partial charge in [-0.25, -0.2) is 4.98 Å². The van der Waals surface area contributed by atoms with Crippen LogP contribution in [0.1, 0.15) is 25.3 Å². The zero-order valence-electron chi connectivity index (χ0n) is 19.2. The molecule has 0 aliphatic heterocycles. The van der Waals surface area contributed by atoms with Crippen LogP contribution < -0.4 is 0 Å². The van der Waals surface area contributed by atoms with E-state index in [0.29, 0.717) is 5.92 Å². The van der Waals surface area contributed by atoms with Crippen molar-refractivity contribution >= 4 is 32.3 Å². The fourth-order valence-electron chi connectivity index (χ4n) is 4.48. The maximum atomic E-state index is 5.09. The molecular weight excluding hydrogens is 432 g/mol. The predicted molar refractivity (Wildman–Crippen MR) is 145 cm³/mol. The lowest BCUT2D eigenvalue weighted by molar-refractivity contribution is 0.869. The minimum absolute atomic E-state index is 0.467. The monoisotopic (exact) mass is 456 g/mol. The molecule has 0 unspecified atom stereocenters. The van der Waals surface area contributed by atoms with E-state index in [1.807, 2.05) is 12.3 Å². The average molecular weight is 457 g/mol. The van der Waals surface area contributed by atoms with Gasteiger partial charge in [0.1, 0.15) is 5.01 Å². The molecular formula is C31H24N2S. The highest BCUT2D eigenvalue weighted by Crippen LogP contribution is 2.40. The second-order valence-corrected chi connectivity index (χ2v) is 9.95. The van der Waals surface area contributed by atoms with E-state index in [4.69, 9.17) is 9.97 Å². The van der Waals surface area contributed by atoms with Gasteiger partial charge in [0, 0.05) is 28.3 Å². The van der Waals surface area contributed by atoms with Crippen molar-refractivity contribution in [2.24, 2.45) is 0 Å². The minimum Gasteiger partial charge on any atom is -0.256 e. The van der Waals surface area contributed by atoms with Crippen molar-refractivity contribution < 1.29 is 0 Å². The highest BCUT2D eigenvalue weighted by molar-refractivity contribution is 7.21. The van der Waals surface area contributed by atoms with Gasteiger partial charge in [-0.3, -0.25) is 4.98 Å². The molecule has 0 aliphatic carbocycles. The molecule has 6 rings (SSSR count). The zero-order chi connectivity index (χ0) is 23.1. The van der Waals surface area contributed by atoms with E-state index in [1.165, 1.54) is 26.6 Å². The van der Waals surface area contributed by atoms with Crippen LogP contribution in [-0.2, 0) is 0 Å². The van der Waals surface area contributed by atoms with Crippen LogP contribution in [0.15, 0.2) is 103 Å². The Morgan fingerprint density at radius 3 is 2.18 bits per heavy atom. The molecule has 0 saturated heterocycles. The predicted octanol–water partition coefficient (Wildman–Crippen LogP) is 8.97. The van der Waals surface area contributed by atoms with Crippen LogP contribution in [0.25, 0.3) is 53.9 Å². The Morgan fingerprint density at radius 1 is 0.706 bits per heavy atom. The van der Waals surface area contributed by atoms with Gasteiger partial charge in [0.15, 0.2) is 0 Å². The van der Waals surface area contributed by atoms with E-state index in [1.54, 1.807) is 11.3 Å². The van der Waals surface area contributed by atoms with Crippen LogP contribution in [0.4, 0.5) is 0 Å². The van der Waals surface area contributed by atoms with Gasteiger partial charge in [0.2, 0.25) is 0 Å². The maximum absolute atomic E-state index is 5.09. The van der Waals surface area contributed by atoms with Crippen LogP contribution in [0.2, 0.25) is 0 Å². The van der Waals surface area contributed by atoms with Crippen molar-refractivity contribution in [2.75, 3.05) is 0 Å². The normalized spacial score (nSPS) is 11.5. The number of nitrogens with zero attached hydrogens (tertiary/aromatic N) is 2. The van der Waals surface area contributed by atoms with Gasteiger partial charge in [0.25, 0.3) is 0 Å². The third-order valence-corrected chi connectivity index (χ3v) is 7.38. The zero-order valence-corrected chi connectivity index (χ0v) is 20.0. The fourth-order valence-corrected chi connectivity index (χ4v) is 5.52. The van der Waals surface area contributed by atoms with Gasteiger partial charge in [0.05, 0.1) is 15.9 Å². The van der Waals surface area contributed by atoms with Crippen molar-refractivity contribution in [3.63, 3.8) is 0 Å². The molecule has 0 radical (unpaired) electrons. The Hall–Kier alpha value is -3.82.